The number of hydrogen-bond acceptors (Lipinski definition) is 4. The minimum Gasteiger partial charge on any atom is -0.338 e. The lowest BCUT2D eigenvalue weighted by Gasteiger charge is -2.16. The Hall–Kier alpha value is -1.63. The van der Waals surface area contributed by atoms with E-state index in [1.54, 1.807) is 11.3 Å². The number of nitrogens with one attached hydrogen (secondary N) is 2. The van der Waals surface area contributed by atoms with E-state index in [1.807, 2.05) is 10.3 Å². The number of carbonyl (C=O) groups excluding carboxylic acids is 2. The maximum absolute atomic E-state index is 11.9. The van der Waals surface area contributed by atoms with E-state index in [9.17, 15) is 9.59 Å². The Morgan fingerprint density at radius 2 is 2.18 bits per heavy atom. The van der Waals surface area contributed by atoms with Gasteiger partial charge in [-0.3, -0.25) is 4.79 Å². The van der Waals surface area contributed by atoms with Crippen LogP contribution in [0.2, 0.25) is 0 Å². The third-order valence-electron chi connectivity index (χ3n) is 4.41. The number of urea groups is 1. The maximum atomic E-state index is 11.9. The molecule has 1 aliphatic heterocycles. The van der Waals surface area contributed by atoms with E-state index in [4.69, 9.17) is 0 Å². The number of nitrogens with zero attached hydrogens (tertiary/aromatic N) is 2. The highest BCUT2D eigenvalue weighted by molar-refractivity contribution is 7.09. The number of carbonyl (C=O) groups is 2. The van der Waals surface area contributed by atoms with Crippen LogP contribution in [0.3, 0.4) is 0 Å². The van der Waals surface area contributed by atoms with Gasteiger partial charge in [-0.05, 0) is 25.7 Å². The van der Waals surface area contributed by atoms with Crippen LogP contribution >= 0.6 is 11.3 Å². The van der Waals surface area contributed by atoms with Crippen molar-refractivity contribution < 1.29 is 9.59 Å². The van der Waals surface area contributed by atoms with Crippen molar-refractivity contribution in [1.82, 2.24) is 20.5 Å². The molecule has 7 heteroatoms. The molecule has 3 amide bonds. The molecular weight excluding hydrogens is 300 g/mol. The van der Waals surface area contributed by atoms with Crippen LogP contribution in [0.1, 0.15) is 48.7 Å². The highest BCUT2D eigenvalue weighted by Crippen LogP contribution is 2.41. The SMILES string of the molecule is O=C(NCc1csc(C2CC2)n1)NC1CC(=O)N(C2CC2)C1. The van der Waals surface area contributed by atoms with E-state index in [2.05, 4.69) is 15.6 Å². The van der Waals surface area contributed by atoms with E-state index < -0.39 is 0 Å². The number of likely N-dealkylation sites (tertiary alicyclic amines) is 1. The van der Waals surface area contributed by atoms with Crippen LogP contribution in [0, 0.1) is 0 Å². The maximum Gasteiger partial charge on any atom is 0.315 e. The lowest BCUT2D eigenvalue weighted by molar-refractivity contribution is -0.128. The number of hydrogen-bond donors (Lipinski definition) is 2. The minimum absolute atomic E-state index is 0.0643. The van der Waals surface area contributed by atoms with Crippen LogP contribution in [0.15, 0.2) is 5.38 Å². The third kappa shape index (κ3) is 3.09. The number of thiazole rings is 1. The van der Waals surface area contributed by atoms with Crippen LogP contribution in [0.5, 0.6) is 0 Å². The summed E-state index contributed by atoms with van der Waals surface area (Å²) in [6, 6.07) is 0.153. The van der Waals surface area contributed by atoms with Gasteiger partial charge < -0.3 is 15.5 Å². The van der Waals surface area contributed by atoms with E-state index in [1.165, 1.54) is 17.8 Å². The summed E-state index contributed by atoms with van der Waals surface area (Å²) < 4.78 is 0. The Morgan fingerprint density at radius 1 is 1.36 bits per heavy atom. The van der Waals surface area contributed by atoms with Gasteiger partial charge in [0.15, 0.2) is 0 Å². The van der Waals surface area contributed by atoms with Crippen molar-refractivity contribution in [3.63, 3.8) is 0 Å². The molecule has 2 aliphatic carbocycles. The van der Waals surface area contributed by atoms with Gasteiger partial charge in [-0.15, -0.1) is 11.3 Å². The molecule has 3 fully saturated rings. The second-order valence-corrected chi connectivity index (χ2v) is 7.35. The summed E-state index contributed by atoms with van der Waals surface area (Å²) in [5.41, 5.74) is 0.921. The van der Waals surface area contributed by atoms with Gasteiger partial charge >= 0.3 is 6.03 Å². The molecule has 0 spiro atoms. The first-order chi connectivity index (χ1) is 10.7. The monoisotopic (exact) mass is 320 g/mol. The summed E-state index contributed by atoms with van der Waals surface area (Å²) >= 11 is 1.68. The van der Waals surface area contributed by atoms with Gasteiger partial charge in [-0.2, -0.15) is 0 Å². The van der Waals surface area contributed by atoms with E-state index in [-0.39, 0.29) is 18.0 Å². The highest BCUT2D eigenvalue weighted by Gasteiger charge is 2.39. The number of rotatable bonds is 5. The van der Waals surface area contributed by atoms with Crippen molar-refractivity contribution in [3.05, 3.63) is 16.1 Å². The molecule has 2 N–H and O–H groups in total. The molecule has 2 heterocycles. The van der Waals surface area contributed by atoms with Crippen molar-refractivity contribution in [3.8, 4) is 0 Å². The van der Waals surface area contributed by atoms with Gasteiger partial charge in [0.1, 0.15) is 0 Å². The first-order valence-corrected chi connectivity index (χ1v) is 8.85. The molecule has 1 aromatic rings. The summed E-state index contributed by atoms with van der Waals surface area (Å²) in [7, 11) is 0. The molecule has 0 radical (unpaired) electrons. The average molecular weight is 320 g/mol. The molecule has 2 saturated carbocycles. The molecule has 1 aromatic heterocycles. The number of aromatic nitrogens is 1. The van der Waals surface area contributed by atoms with E-state index in [0.29, 0.717) is 31.5 Å². The standard InChI is InChI=1S/C15H20N4O2S/c20-13-5-10(7-19(13)12-3-4-12)18-15(21)16-6-11-8-22-14(17-11)9-1-2-9/h8-10,12H,1-7H2,(H2,16,18,21). The van der Waals surface area contributed by atoms with Crippen molar-refractivity contribution in [2.45, 2.75) is 56.7 Å². The predicted molar refractivity (Wildman–Crippen MR) is 82.6 cm³/mol. The Kier molecular flexibility index (Phi) is 3.52. The van der Waals surface area contributed by atoms with Gasteiger partial charge in [0.25, 0.3) is 0 Å². The van der Waals surface area contributed by atoms with Gasteiger partial charge in [0, 0.05) is 30.3 Å². The molecule has 6 nitrogen and oxygen atoms in total. The fraction of sp³-hybridized carbons (Fsp3) is 0.667. The molecule has 0 aromatic carbocycles. The molecule has 22 heavy (non-hydrogen) atoms. The molecule has 118 valence electrons. The molecule has 1 atom stereocenters. The first-order valence-electron chi connectivity index (χ1n) is 7.97. The predicted octanol–water partition coefficient (Wildman–Crippen LogP) is 1.58. The summed E-state index contributed by atoms with van der Waals surface area (Å²) in [5, 5.41) is 8.94. The molecule has 3 aliphatic rings. The Bertz CT molecular complexity index is 594. The zero-order valence-corrected chi connectivity index (χ0v) is 13.2. The zero-order chi connectivity index (χ0) is 15.1. The summed E-state index contributed by atoms with van der Waals surface area (Å²) in [6.45, 7) is 1.10. The topological polar surface area (TPSA) is 74.3 Å². The molecule has 0 bridgehead atoms. The minimum atomic E-state index is -0.212. The fourth-order valence-electron chi connectivity index (χ4n) is 2.90. The second-order valence-electron chi connectivity index (χ2n) is 6.46. The Morgan fingerprint density at radius 3 is 2.91 bits per heavy atom. The largest absolute Gasteiger partial charge is 0.338 e. The normalized spacial score (nSPS) is 24.6. The fourth-order valence-corrected chi connectivity index (χ4v) is 3.89. The Labute approximate surface area is 133 Å². The van der Waals surface area contributed by atoms with Crippen molar-refractivity contribution in [2.75, 3.05) is 6.54 Å². The van der Waals surface area contributed by atoms with Gasteiger partial charge in [0.05, 0.1) is 23.3 Å². The van der Waals surface area contributed by atoms with Gasteiger partial charge in [-0.25, -0.2) is 9.78 Å². The smallest absolute Gasteiger partial charge is 0.315 e. The summed E-state index contributed by atoms with van der Waals surface area (Å²) in [4.78, 5) is 30.2. The van der Waals surface area contributed by atoms with Crippen molar-refractivity contribution in [1.29, 1.82) is 0 Å². The molecule has 1 unspecified atom stereocenters. The van der Waals surface area contributed by atoms with Gasteiger partial charge in [0.2, 0.25) is 5.91 Å². The highest BCUT2D eigenvalue weighted by atomic mass is 32.1. The first kappa shape index (κ1) is 14.0. The van der Waals surface area contributed by atoms with Crippen molar-refractivity contribution >= 4 is 23.3 Å². The second kappa shape index (κ2) is 5.53. The number of amides is 3. The molecular formula is C15H20N4O2S. The summed E-state index contributed by atoms with van der Waals surface area (Å²) in [6.07, 6.45) is 5.13. The van der Waals surface area contributed by atoms with Crippen LogP contribution < -0.4 is 10.6 Å². The van der Waals surface area contributed by atoms with Crippen LogP contribution in [-0.4, -0.2) is 40.5 Å². The van der Waals surface area contributed by atoms with Crippen LogP contribution in [-0.2, 0) is 11.3 Å². The van der Waals surface area contributed by atoms with E-state index in [0.717, 1.165) is 18.5 Å². The van der Waals surface area contributed by atoms with Crippen molar-refractivity contribution in [2.24, 2.45) is 0 Å². The van der Waals surface area contributed by atoms with Crippen LogP contribution in [0.4, 0.5) is 4.79 Å². The quantitative estimate of drug-likeness (QED) is 0.865. The lowest BCUT2D eigenvalue weighted by atomic mass is 10.2. The zero-order valence-electron chi connectivity index (χ0n) is 12.4. The van der Waals surface area contributed by atoms with Crippen LogP contribution in [0.25, 0.3) is 0 Å². The summed E-state index contributed by atoms with van der Waals surface area (Å²) in [5.74, 6) is 0.826. The van der Waals surface area contributed by atoms with E-state index >= 15 is 0 Å². The van der Waals surface area contributed by atoms with Gasteiger partial charge in [-0.1, -0.05) is 0 Å². The molecule has 4 rings (SSSR count). The third-order valence-corrected chi connectivity index (χ3v) is 5.46. The lowest BCUT2D eigenvalue weighted by Crippen LogP contribution is -2.43. The molecule has 1 saturated heterocycles. The Balaban J connectivity index is 1.23. The average Bonchev–Trinajstić information content (AvgIpc) is 3.42.